The molecule has 82 valence electrons. The molecule has 0 fully saturated rings. The van der Waals surface area contributed by atoms with Crippen LogP contribution in [0.1, 0.15) is 17.3 Å². The number of nitrogens with zero attached hydrogens (tertiary/aromatic N) is 2. The highest BCUT2D eigenvalue weighted by molar-refractivity contribution is 9.10. The van der Waals surface area contributed by atoms with E-state index in [0.717, 1.165) is 4.47 Å². The minimum atomic E-state index is -0.198. The molecule has 5 heteroatoms. The second-order valence-corrected chi connectivity index (χ2v) is 4.26. The molecular formula is C10H13BrN2O2. The minimum Gasteiger partial charge on any atom is -0.394 e. The van der Waals surface area contributed by atoms with Crippen LogP contribution in [0, 0.1) is 0 Å². The van der Waals surface area contributed by atoms with Crippen LogP contribution < -0.4 is 0 Å². The summed E-state index contributed by atoms with van der Waals surface area (Å²) in [4.78, 5) is 17.3. The van der Waals surface area contributed by atoms with Crippen molar-refractivity contribution in [2.24, 2.45) is 0 Å². The lowest BCUT2D eigenvalue weighted by Crippen LogP contribution is -2.37. The Morgan fingerprint density at radius 1 is 1.67 bits per heavy atom. The van der Waals surface area contributed by atoms with E-state index in [1.165, 1.54) is 11.1 Å². The highest BCUT2D eigenvalue weighted by atomic mass is 79.9. The Bertz CT molecular complexity index is 357. The van der Waals surface area contributed by atoms with E-state index in [0.29, 0.717) is 5.56 Å². The topological polar surface area (TPSA) is 53.4 Å². The number of hydrogen-bond acceptors (Lipinski definition) is 3. The van der Waals surface area contributed by atoms with Crippen molar-refractivity contribution in [3.05, 3.63) is 28.5 Å². The molecule has 0 saturated heterocycles. The van der Waals surface area contributed by atoms with Gasteiger partial charge in [0.25, 0.3) is 5.91 Å². The van der Waals surface area contributed by atoms with E-state index in [9.17, 15) is 4.79 Å². The van der Waals surface area contributed by atoms with Crippen LogP contribution in [-0.4, -0.2) is 40.6 Å². The zero-order valence-electron chi connectivity index (χ0n) is 8.64. The molecule has 0 aliphatic heterocycles. The summed E-state index contributed by atoms with van der Waals surface area (Å²) in [6, 6.07) is 1.51. The van der Waals surface area contributed by atoms with E-state index in [1.807, 2.05) is 0 Å². The Morgan fingerprint density at radius 2 is 2.33 bits per heavy atom. The van der Waals surface area contributed by atoms with Gasteiger partial charge in [0.1, 0.15) is 0 Å². The Morgan fingerprint density at radius 3 is 2.87 bits per heavy atom. The third-order valence-corrected chi connectivity index (χ3v) is 2.63. The number of aliphatic hydroxyl groups excluding tert-OH is 1. The molecule has 0 radical (unpaired) electrons. The second-order valence-electron chi connectivity index (χ2n) is 3.34. The maximum Gasteiger partial charge on any atom is 0.255 e. The van der Waals surface area contributed by atoms with Gasteiger partial charge in [-0.2, -0.15) is 0 Å². The largest absolute Gasteiger partial charge is 0.394 e. The van der Waals surface area contributed by atoms with Gasteiger partial charge in [0.2, 0.25) is 0 Å². The first kappa shape index (κ1) is 12.1. The zero-order valence-corrected chi connectivity index (χ0v) is 10.2. The molecule has 0 aliphatic carbocycles. The summed E-state index contributed by atoms with van der Waals surface area (Å²) >= 11 is 3.25. The summed E-state index contributed by atoms with van der Waals surface area (Å²) in [6.07, 6.45) is 3.12. The monoisotopic (exact) mass is 272 g/mol. The van der Waals surface area contributed by atoms with Gasteiger partial charge >= 0.3 is 0 Å². The summed E-state index contributed by atoms with van der Waals surface area (Å²) in [5, 5.41) is 8.94. The highest BCUT2D eigenvalue weighted by Gasteiger charge is 2.16. The Balaban J connectivity index is 2.85. The number of rotatable bonds is 3. The average molecular weight is 273 g/mol. The first-order valence-electron chi connectivity index (χ1n) is 4.55. The molecule has 1 unspecified atom stereocenters. The van der Waals surface area contributed by atoms with Crippen molar-refractivity contribution in [2.75, 3.05) is 13.7 Å². The average Bonchev–Trinajstić information content (AvgIpc) is 2.26. The summed E-state index contributed by atoms with van der Waals surface area (Å²) in [6.45, 7) is 1.73. The lowest BCUT2D eigenvalue weighted by atomic mass is 10.2. The normalized spacial score (nSPS) is 12.3. The van der Waals surface area contributed by atoms with Gasteiger partial charge in [-0.3, -0.25) is 9.78 Å². The van der Waals surface area contributed by atoms with Crippen LogP contribution in [0.5, 0.6) is 0 Å². The van der Waals surface area contributed by atoms with Gasteiger partial charge in [-0.1, -0.05) is 0 Å². The van der Waals surface area contributed by atoms with Gasteiger partial charge in [-0.15, -0.1) is 0 Å². The molecule has 1 N–H and O–H groups in total. The maximum atomic E-state index is 11.9. The standard InChI is InChI=1S/C10H13BrN2O2/c1-7(6-14)13(2)10(15)8-3-9(11)5-12-4-8/h3-5,7,14H,6H2,1-2H3. The van der Waals surface area contributed by atoms with Crippen molar-refractivity contribution in [3.63, 3.8) is 0 Å². The van der Waals surface area contributed by atoms with Crippen LogP contribution >= 0.6 is 15.9 Å². The number of carbonyl (C=O) groups excluding carboxylic acids is 1. The molecule has 0 aliphatic rings. The number of halogens is 1. The molecule has 1 aromatic rings. The van der Waals surface area contributed by atoms with Crippen LogP contribution in [0.15, 0.2) is 22.9 Å². The van der Waals surface area contributed by atoms with Crippen LogP contribution in [0.2, 0.25) is 0 Å². The highest BCUT2D eigenvalue weighted by Crippen LogP contribution is 2.12. The lowest BCUT2D eigenvalue weighted by Gasteiger charge is -2.22. The van der Waals surface area contributed by atoms with Gasteiger partial charge in [-0.05, 0) is 28.9 Å². The number of aromatic nitrogens is 1. The smallest absolute Gasteiger partial charge is 0.255 e. The minimum absolute atomic E-state index is 0.0519. The summed E-state index contributed by atoms with van der Waals surface area (Å²) in [7, 11) is 1.66. The molecule has 4 nitrogen and oxygen atoms in total. The van der Waals surface area contributed by atoms with E-state index >= 15 is 0 Å². The third-order valence-electron chi connectivity index (χ3n) is 2.20. The molecule has 1 aromatic heterocycles. The predicted octanol–water partition coefficient (Wildman–Crippen LogP) is 1.30. The fourth-order valence-electron chi connectivity index (χ4n) is 1.06. The molecule has 0 aromatic carbocycles. The molecule has 1 rings (SSSR count). The first-order valence-corrected chi connectivity index (χ1v) is 5.34. The fourth-order valence-corrected chi connectivity index (χ4v) is 1.42. The van der Waals surface area contributed by atoms with E-state index in [-0.39, 0.29) is 18.6 Å². The van der Waals surface area contributed by atoms with E-state index in [1.54, 1.807) is 26.2 Å². The fraction of sp³-hybridized carbons (Fsp3) is 0.400. The molecule has 15 heavy (non-hydrogen) atoms. The number of likely N-dealkylation sites (N-methyl/N-ethyl adjacent to an activating group) is 1. The van der Waals surface area contributed by atoms with Crippen molar-refractivity contribution < 1.29 is 9.90 Å². The van der Waals surface area contributed by atoms with Crippen molar-refractivity contribution >= 4 is 21.8 Å². The molecule has 1 heterocycles. The van der Waals surface area contributed by atoms with Gasteiger partial charge in [0.15, 0.2) is 0 Å². The Labute approximate surface area is 97.1 Å². The Hall–Kier alpha value is -0.940. The van der Waals surface area contributed by atoms with Crippen LogP contribution in [-0.2, 0) is 0 Å². The van der Waals surface area contributed by atoms with E-state index in [2.05, 4.69) is 20.9 Å². The molecule has 1 atom stereocenters. The predicted molar refractivity (Wildman–Crippen MR) is 60.6 cm³/mol. The van der Waals surface area contributed by atoms with Crippen molar-refractivity contribution in [2.45, 2.75) is 13.0 Å². The zero-order chi connectivity index (χ0) is 11.4. The summed E-state index contributed by atoms with van der Waals surface area (Å²) in [5.41, 5.74) is 0.507. The third kappa shape index (κ3) is 3.00. The SMILES string of the molecule is CC(CO)N(C)C(=O)c1cncc(Br)c1. The quantitative estimate of drug-likeness (QED) is 0.903. The van der Waals surface area contributed by atoms with Crippen LogP contribution in [0.3, 0.4) is 0 Å². The molecule has 0 saturated carbocycles. The molecule has 0 bridgehead atoms. The van der Waals surface area contributed by atoms with Crippen LogP contribution in [0.4, 0.5) is 0 Å². The van der Waals surface area contributed by atoms with Crippen molar-refractivity contribution in [1.29, 1.82) is 0 Å². The molecular weight excluding hydrogens is 260 g/mol. The van der Waals surface area contributed by atoms with Gasteiger partial charge in [-0.25, -0.2) is 0 Å². The van der Waals surface area contributed by atoms with E-state index < -0.39 is 0 Å². The Kier molecular flexibility index (Phi) is 4.23. The number of hydrogen-bond donors (Lipinski definition) is 1. The first-order chi connectivity index (χ1) is 7.06. The number of carbonyl (C=O) groups is 1. The number of amides is 1. The van der Waals surface area contributed by atoms with Gasteiger partial charge in [0, 0.05) is 23.9 Å². The summed E-state index contributed by atoms with van der Waals surface area (Å²) in [5.74, 6) is -0.148. The van der Waals surface area contributed by atoms with Crippen LogP contribution in [0.25, 0.3) is 0 Å². The van der Waals surface area contributed by atoms with Gasteiger partial charge < -0.3 is 10.0 Å². The number of aliphatic hydroxyl groups is 1. The van der Waals surface area contributed by atoms with Gasteiger partial charge in [0.05, 0.1) is 18.2 Å². The molecule has 0 spiro atoms. The maximum absolute atomic E-state index is 11.9. The van der Waals surface area contributed by atoms with Crippen molar-refractivity contribution in [1.82, 2.24) is 9.88 Å². The van der Waals surface area contributed by atoms with E-state index in [4.69, 9.17) is 5.11 Å². The summed E-state index contributed by atoms with van der Waals surface area (Å²) < 4.78 is 0.762. The second kappa shape index (κ2) is 5.23. The molecule has 1 amide bonds. The lowest BCUT2D eigenvalue weighted by molar-refractivity contribution is 0.0681. The van der Waals surface area contributed by atoms with Crippen molar-refractivity contribution in [3.8, 4) is 0 Å². The number of pyridine rings is 1.